The molecule has 0 aliphatic rings. The predicted octanol–water partition coefficient (Wildman–Crippen LogP) is 0.521. The molecule has 1 aromatic heterocycles. The SMILES string of the molecule is CCNS(=O)(=O)c1cccc2nonc12. The number of nitrogens with one attached hydrogen (secondary N) is 1. The van der Waals surface area contributed by atoms with Crippen LogP contribution in [0, 0.1) is 0 Å². The van der Waals surface area contributed by atoms with Gasteiger partial charge in [-0.3, -0.25) is 0 Å². The highest BCUT2D eigenvalue weighted by molar-refractivity contribution is 7.89. The summed E-state index contributed by atoms with van der Waals surface area (Å²) in [5, 5.41) is 7.14. The molecule has 1 N–H and O–H groups in total. The molecule has 2 rings (SSSR count). The van der Waals surface area contributed by atoms with E-state index in [0.717, 1.165) is 0 Å². The van der Waals surface area contributed by atoms with Crippen molar-refractivity contribution >= 4 is 21.1 Å². The van der Waals surface area contributed by atoms with Crippen molar-refractivity contribution in [2.45, 2.75) is 11.8 Å². The van der Waals surface area contributed by atoms with Crippen LogP contribution in [0.15, 0.2) is 27.7 Å². The lowest BCUT2D eigenvalue weighted by Gasteiger charge is -2.03. The molecule has 15 heavy (non-hydrogen) atoms. The van der Waals surface area contributed by atoms with E-state index >= 15 is 0 Å². The number of nitrogens with zero attached hydrogens (tertiary/aromatic N) is 2. The molecule has 6 nitrogen and oxygen atoms in total. The van der Waals surface area contributed by atoms with Crippen molar-refractivity contribution in [3.8, 4) is 0 Å². The molecule has 1 aromatic carbocycles. The molecule has 0 fully saturated rings. The predicted molar refractivity (Wildman–Crippen MR) is 52.7 cm³/mol. The van der Waals surface area contributed by atoms with Gasteiger partial charge in [0.2, 0.25) is 10.0 Å². The molecule has 0 aliphatic heterocycles. The largest absolute Gasteiger partial charge is 0.243 e. The Morgan fingerprint density at radius 2 is 2.20 bits per heavy atom. The lowest BCUT2D eigenvalue weighted by molar-refractivity contribution is 0.315. The van der Waals surface area contributed by atoms with Crippen LogP contribution in [0.4, 0.5) is 0 Å². The second-order valence-electron chi connectivity index (χ2n) is 2.89. The Bertz CT molecular complexity index is 576. The Hall–Kier alpha value is -1.47. The fourth-order valence-corrected chi connectivity index (χ4v) is 2.46. The molecule has 0 unspecified atom stereocenters. The van der Waals surface area contributed by atoms with E-state index in [2.05, 4.69) is 19.7 Å². The van der Waals surface area contributed by atoms with Crippen LogP contribution in [0.3, 0.4) is 0 Å². The average molecular weight is 227 g/mol. The van der Waals surface area contributed by atoms with Gasteiger partial charge in [0, 0.05) is 6.54 Å². The molecular formula is C8H9N3O3S. The molecule has 0 saturated carbocycles. The molecular weight excluding hydrogens is 218 g/mol. The van der Waals surface area contributed by atoms with Crippen molar-refractivity contribution in [3.63, 3.8) is 0 Å². The van der Waals surface area contributed by atoms with Crippen LogP contribution in [0.25, 0.3) is 11.0 Å². The Kier molecular flexibility index (Phi) is 2.41. The molecule has 2 aromatic rings. The van der Waals surface area contributed by atoms with E-state index < -0.39 is 10.0 Å². The Labute approximate surface area is 86.3 Å². The molecule has 7 heteroatoms. The quantitative estimate of drug-likeness (QED) is 0.826. The maximum absolute atomic E-state index is 11.7. The van der Waals surface area contributed by atoms with Gasteiger partial charge in [0.15, 0.2) is 5.52 Å². The zero-order valence-electron chi connectivity index (χ0n) is 7.97. The highest BCUT2D eigenvalue weighted by Gasteiger charge is 2.18. The maximum atomic E-state index is 11.7. The van der Waals surface area contributed by atoms with Gasteiger partial charge in [0.25, 0.3) is 0 Å². The number of fused-ring (bicyclic) bond motifs is 1. The number of benzene rings is 1. The van der Waals surface area contributed by atoms with Gasteiger partial charge in [-0.15, -0.1) is 0 Å². The first kappa shape index (κ1) is 10.1. The summed E-state index contributed by atoms with van der Waals surface area (Å²) in [5.74, 6) is 0. The summed E-state index contributed by atoms with van der Waals surface area (Å²) < 4.78 is 30.3. The molecule has 0 spiro atoms. The molecule has 0 amide bonds. The zero-order chi connectivity index (χ0) is 10.9. The maximum Gasteiger partial charge on any atom is 0.242 e. The van der Waals surface area contributed by atoms with Gasteiger partial charge in [-0.2, -0.15) is 0 Å². The summed E-state index contributed by atoms with van der Waals surface area (Å²) in [7, 11) is -3.52. The van der Waals surface area contributed by atoms with Gasteiger partial charge in [0.1, 0.15) is 10.4 Å². The van der Waals surface area contributed by atoms with Crippen LogP contribution in [0.2, 0.25) is 0 Å². The lowest BCUT2D eigenvalue weighted by Crippen LogP contribution is -2.23. The minimum Gasteiger partial charge on any atom is -0.243 e. The van der Waals surface area contributed by atoms with Crippen molar-refractivity contribution in [1.82, 2.24) is 15.0 Å². The monoisotopic (exact) mass is 227 g/mol. The second kappa shape index (κ2) is 3.59. The van der Waals surface area contributed by atoms with Crippen molar-refractivity contribution in [2.24, 2.45) is 0 Å². The fourth-order valence-electron chi connectivity index (χ4n) is 1.27. The summed E-state index contributed by atoms with van der Waals surface area (Å²) >= 11 is 0. The minimum atomic E-state index is -3.52. The van der Waals surface area contributed by atoms with Crippen molar-refractivity contribution in [2.75, 3.05) is 6.54 Å². The van der Waals surface area contributed by atoms with Crippen LogP contribution in [-0.4, -0.2) is 25.3 Å². The van der Waals surface area contributed by atoms with E-state index in [1.807, 2.05) is 0 Å². The minimum absolute atomic E-state index is 0.0862. The third-order valence-electron chi connectivity index (χ3n) is 1.87. The van der Waals surface area contributed by atoms with Gasteiger partial charge >= 0.3 is 0 Å². The summed E-state index contributed by atoms with van der Waals surface area (Å²) in [5.41, 5.74) is 0.674. The number of aromatic nitrogens is 2. The number of hydrogen-bond acceptors (Lipinski definition) is 5. The van der Waals surface area contributed by atoms with Gasteiger partial charge < -0.3 is 0 Å². The van der Waals surface area contributed by atoms with Crippen molar-refractivity contribution in [3.05, 3.63) is 18.2 Å². The standard InChI is InChI=1S/C8H9N3O3S/c1-2-9-15(12,13)7-5-3-4-6-8(7)11-14-10-6/h3-5,9H,2H2,1H3. The highest BCUT2D eigenvalue weighted by Crippen LogP contribution is 2.18. The van der Waals surface area contributed by atoms with Crippen LogP contribution >= 0.6 is 0 Å². The zero-order valence-corrected chi connectivity index (χ0v) is 8.78. The van der Waals surface area contributed by atoms with E-state index in [0.29, 0.717) is 12.1 Å². The summed E-state index contributed by atoms with van der Waals surface area (Å²) in [6.07, 6.45) is 0. The number of hydrogen-bond donors (Lipinski definition) is 1. The summed E-state index contributed by atoms with van der Waals surface area (Å²) in [6.45, 7) is 2.03. The molecule has 0 radical (unpaired) electrons. The van der Waals surface area contributed by atoms with Gasteiger partial charge in [-0.25, -0.2) is 17.8 Å². The Balaban J connectivity index is 2.66. The normalized spacial score (nSPS) is 12.1. The van der Waals surface area contributed by atoms with Crippen LogP contribution in [-0.2, 0) is 10.0 Å². The summed E-state index contributed by atoms with van der Waals surface area (Å²) in [4.78, 5) is 0.0862. The van der Waals surface area contributed by atoms with Gasteiger partial charge in [-0.1, -0.05) is 13.0 Å². The van der Waals surface area contributed by atoms with E-state index in [-0.39, 0.29) is 10.4 Å². The number of sulfonamides is 1. The number of rotatable bonds is 3. The third kappa shape index (κ3) is 1.71. The second-order valence-corrected chi connectivity index (χ2v) is 4.62. The summed E-state index contributed by atoms with van der Waals surface area (Å²) in [6, 6.07) is 4.69. The van der Waals surface area contributed by atoms with Crippen LogP contribution in [0.5, 0.6) is 0 Å². The van der Waals surface area contributed by atoms with E-state index in [1.165, 1.54) is 6.07 Å². The van der Waals surface area contributed by atoms with Gasteiger partial charge in [-0.05, 0) is 22.4 Å². The van der Waals surface area contributed by atoms with Crippen LogP contribution < -0.4 is 4.72 Å². The highest BCUT2D eigenvalue weighted by atomic mass is 32.2. The van der Waals surface area contributed by atoms with Crippen molar-refractivity contribution in [1.29, 1.82) is 0 Å². The van der Waals surface area contributed by atoms with Crippen molar-refractivity contribution < 1.29 is 13.0 Å². The lowest BCUT2D eigenvalue weighted by atomic mass is 10.3. The van der Waals surface area contributed by atoms with Gasteiger partial charge in [0.05, 0.1) is 0 Å². The molecule has 80 valence electrons. The molecule has 0 saturated heterocycles. The van der Waals surface area contributed by atoms with E-state index in [1.54, 1.807) is 19.1 Å². The average Bonchev–Trinajstić information content (AvgIpc) is 2.64. The molecule has 0 atom stereocenters. The Morgan fingerprint density at radius 3 is 2.93 bits per heavy atom. The topological polar surface area (TPSA) is 85.1 Å². The molecule has 0 aliphatic carbocycles. The third-order valence-corrected chi connectivity index (χ3v) is 3.45. The Morgan fingerprint density at radius 1 is 1.40 bits per heavy atom. The molecule has 1 heterocycles. The van der Waals surface area contributed by atoms with Crippen LogP contribution in [0.1, 0.15) is 6.92 Å². The first-order valence-electron chi connectivity index (χ1n) is 4.36. The molecule has 0 bridgehead atoms. The first-order chi connectivity index (χ1) is 7.15. The first-order valence-corrected chi connectivity index (χ1v) is 5.84. The van der Waals surface area contributed by atoms with E-state index in [9.17, 15) is 8.42 Å². The smallest absolute Gasteiger partial charge is 0.242 e. The van der Waals surface area contributed by atoms with E-state index in [4.69, 9.17) is 0 Å². The fraction of sp³-hybridized carbons (Fsp3) is 0.250.